The molecule has 0 saturated carbocycles. The van der Waals surface area contributed by atoms with Gasteiger partial charge in [-0.3, -0.25) is 4.79 Å². The van der Waals surface area contributed by atoms with Crippen molar-refractivity contribution in [2.24, 2.45) is 0 Å². The molecule has 0 unspecified atom stereocenters. The van der Waals surface area contributed by atoms with Crippen LogP contribution in [-0.2, 0) is 6.42 Å². The Hall–Kier alpha value is -1.12. The summed E-state index contributed by atoms with van der Waals surface area (Å²) in [5.74, 6) is 0.0821. The molecular weight excluding hydrogens is 312 g/mol. The standard InChI is InChI=1S/C15H12BrClO/c1-10-5-12(9-14(17)6-10)15(18)8-11-3-2-4-13(16)7-11/h2-7,9H,8H2,1H3. The summed E-state index contributed by atoms with van der Waals surface area (Å²) in [5.41, 5.74) is 2.66. The molecule has 1 nitrogen and oxygen atoms in total. The third-order valence-electron chi connectivity index (χ3n) is 2.62. The van der Waals surface area contributed by atoms with Crippen LogP contribution >= 0.6 is 27.5 Å². The van der Waals surface area contributed by atoms with Gasteiger partial charge in [0.15, 0.2) is 5.78 Å². The van der Waals surface area contributed by atoms with E-state index in [2.05, 4.69) is 15.9 Å². The SMILES string of the molecule is Cc1cc(Cl)cc(C(=O)Cc2cccc(Br)c2)c1. The van der Waals surface area contributed by atoms with E-state index in [0.29, 0.717) is 17.0 Å². The molecule has 0 bridgehead atoms. The van der Waals surface area contributed by atoms with Gasteiger partial charge in [0.1, 0.15) is 0 Å². The molecule has 0 amide bonds. The third kappa shape index (κ3) is 3.44. The summed E-state index contributed by atoms with van der Waals surface area (Å²) >= 11 is 9.36. The summed E-state index contributed by atoms with van der Waals surface area (Å²) in [4.78, 5) is 12.2. The Morgan fingerprint density at radius 3 is 2.67 bits per heavy atom. The molecular formula is C15H12BrClO. The molecule has 2 aromatic rings. The van der Waals surface area contributed by atoms with Gasteiger partial charge in [-0.15, -0.1) is 0 Å². The summed E-state index contributed by atoms with van der Waals surface area (Å²) in [6, 6.07) is 13.2. The van der Waals surface area contributed by atoms with E-state index in [4.69, 9.17) is 11.6 Å². The van der Waals surface area contributed by atoms with Gasteiger partial charge in [-0.25, -0.2) is 0 Å². The lowest BCUT2D eigenvalue weighted by molar-refractivity contribution is 0.0993. The van der Waals surface area contributed by atoms with E-state index in [1.807, 2.05) is 43.3 Å². The van der Waals surface area contributed by atoms with E-state index in [-0.39, 0.29) is 5.78 Å². The minimum Gasteiger partial charge on any atom is -0.294 e. The molecule has 3 heteroatoms. The number of rotatable bonds is 3. The van der Waals surface area contributed by atoms with Crippen molar-refractivity contribution < 1.29 is 4.79 Å². The molecule has 0 spiro atoms. The van der Waals surface area contributed by atoms with E-state index >= 15 is 0 Å². The molecule has 0 radical (unpaired) electrons. The van der Waals surface area contributed by atoms with Gasteiger partial charge in [0.2, 0.25) is 0 Å². The van der Waals surface area contributed by atoms with Crippen molar-refractivity contribution in [2.45, 2.75) is 13.3 Å². The first-order valence-corrected chi connectivity index (χ1v) is 6.76. The van der Waals surface area contributed by atoms with E-state index in [9.17, 15) is 4.79 Å². The first-order valence-electron chi connectivity index (χ1n) is 5.59. The lowest BCUT2D eigenvalue weighted by Crippen LogP contribution is -2.03. The highest BCUT2D eigenvalue weighted by Gasteiger charge is 2.08. The molecule has 0 fully saturated rings. The normalized spacial score (nSPS) is 10.4. The zero-order valence-corrected chi connectivity index (χ0v) is 12.3. The summed E-state index contributed by atoms with van der Waals surface area (Å²) < 4.78 is 0.982. The topological polar surface area (TPSA) is 17.1 Å². The van der Waals surface area contributed by atoms with Crippen LogP contribution in [0, 0.1) is 6.92 Å². The minimum absolute atomic E-state index is 0.0821. The summed E-state index contributed by atoms with van der Waals surface area (Å²) in [6.45, 7) is 1.93. The van der Waals surface area contributed by atoms with E-state index in [1.54, 1.807) is 6.07 Å². The van der Waals surface area contributed by atoms with Gasteiger partial charge in [0, 0.05) is 21.5 Å². The molecule has 0 aliphatic heterocycles. The van der Waals surface area contributed by atoms with Crippen molar-refractivity contribution >= 4 is 33.3 Å². The van der Waals surface area contributed by atoms with E-state index in [1.165, 1.54) is 0 Å². The van der Waals surface area contributed by atoms with Crippen molar-refractivity contribution in [3.63, 3.8) is 0 Å². The summed E-state index contributed by atoms with van der Waals surface area (Å²) in [6.07, 6.45) is 0.388. The average molecular weight is 324 g/mol. The predicted octanol–water partition coefficient (Wildman–Crippen LogP) is 4.84. The summed E-state index contributed by atoms with van der Waals surface area (Å²) in [5, 5.41) is 0.604. The fourth-order valence-corrected chi connectivity index (χ4v) is 2.57. The largest absolute Gasteiger partial charge is 0.294 e. The first-order chi connectivity index (χ1) is 8.54. The zero-order chi connectivity index (χ0) is 13.1. The van der Waals surface area contributed by atoms with Gasteiger partial charge in [-0.1, -0.05) is 39.7 Å². The minimum atomic E-state index is 0.0821. The van der Waals surface area contributed by atoms with Crippen LogP contribution < -0.4 is 0 Å². The van der Waals surface area contributed by atoms with Crippen molar-refractivity contribution in [1.29, 1.82) is 0 Å². The molecule has 2 aromatic carbocycles. The average Bonchev–Trinajstić information content (AvgIpc) is 2.27. The lowest BCUT2D eigenvalue weighted by atomic mass is 10.0. The Morgan fingerprint density at radius 1 is 1.22 bits per heavy atom. The highest BCUT2D eigenvalue weighted by molar-refractivity contribution is 9.10. The molecule has 0 heterocycles. The van der Waals surface area contributed by atoms with Crippen LogP contribution in [0.4, 0.5) is 0 Å². The smallest absolute Gasteiger partial charge is 0.167 e. The van der Waals surface area contributed by atoms with Crippen molar-refractivity contribution in [3.05, 3.63) is 68.7 Å². The fraction of sp³-hybridized carbons (Fsp3) is 0.133. The number of hydrogen-bond acceptors (Lipinski definition) is 1. The van der Waals surface area contributed by atoms with E-state index in [0.717, 1.165) is 15.6 Å². The van der Waals surface area contributed by atoms with Gasteiger partial charge in [0.25, 0.3) is 0 Å². The lowest BCUT2D eigenvalue weighted by Gasteiger charge is -2.04. The highest BCUT2D eigenvalue weighted by atomic mass is 79.9. The number of ketones is 1. The van der Waals surface area contributed by atoms with Gasteiger partial charge >= 0.3 is 0 Å². The fourth-order valence-electron chi connectivity index (χ4n) is 1.83. The van der Waals surface area contributed by atoms with Crippen LogP contribution in [0.3, 0.4) is 0 Å². The van der Waals surface area contributed by atoms with Gasteiger partial charge < -0.3 is 0 Å². The molecule has 0 aliphatic carbocycles. The Kier molecular flexibility index (Phi) is 4.20. The van der Waals surface area contributed by atoms with Crippen molar-refractivity contribution in [1.82, 2.24) is 0 Å². The third-order valence-corrected chi connectivity index (χ3v) is 3.33. The highest BCUT2D eigenvalue weighted by Crippen LogP contribution is 2.18. The van der Waals surface area contributed by atoms with Crippen LogP contribution in [0.5, 0.6) is 0 Å². The molecule has 92 valence electrons. The number of benzene rings is 2. The molecule has 0 atom stereocenters. The number of Topliss-reactive ketones (excluding diaryl/α,β-unsaturated/α-hetero) is 1. The number of carbonyl (C=O) groups is 1. The second-order valence-electron chi connectivity index (χ2n) is 4.25. The molecule has 0 N–H and O–H groups in total. The maximum Gasteiger partial charge on any atom is 0.167 e. The predicted molar refractivity (Wildman–Crippen MR) is 78.4 cm³/mol. The maximum absolute atomic E-state index is 12.2. The van der Waals surface area contributed by atoms with Crippen LogP contribution in [0.1, 0.15) is 21.5 Å². The monoisotopic (exact) mass is 322 g/mol. The van der Waals surface area contributed by atoms with Crippen LogP contribution in [0.25, 0.3) is 0 Å². The summed E-state index contributed by atoms with van der Waals surface area (Å²) in [7, 11) is 0. The number of hydrogen-bond donors (Lipinski definition) is 0. The quantitative estimate of drug-likeness (QED) is 0.739. The first kappa shape index (κ1) is 13.3. The molecule has 0 saturated heterocycles. The number of halogens is 2. The van der Waals surface area contributed by atoms with Gasteiger partial charge in [-0.05, 0) is 48.4 Å². The maximum atomic E-state index is 12.2. The Balaban J connectivity index is 2.22. The molecule has 0 aliphatic rings. The van der Waals surface area contributed by atoms with Crippen LogP contribution in [0.15, 0.2) is 46.9 Å². The second-order valence-corrected chi connectivity index (χ2v) is 5.60. The van der Waals surface area contributed by atoms with Crippen LogP contribution in [-0.4, -0.2) is 5.78 Å². The molecule has 0 aromatic heterocycles. The van der Waals surface area contributed by atoms with E-state index < -0.39 is 0 Å². The molecule has 18 heavy (non-hydrogen) atoms. The van der Waals surface area contributed by atoms with Crippen molar-refractivity contribution in [3.8, 4) is 0 Å². The zero-order valence-electron chi connectivity index (χ0n) is 9.91. The Bertz CT molecular complexity index is 573. The number of carbonyl (C=O) groups excluding carboxylic acids is 1. The molecule has 2 rings (SSSR count). The van der Waals surface area contributed by atoms with Gasteiger partial charge in [-0.2, -0.15) is 0 Å². The van der Waals surface area contributed by atoms with Gasteiger partial charge in [0.05, 0.1) is 0 Å². The number of aryl methyl sites for hydroxylation is 1. The second kappa shape index (κ2) is 5.68. The van der Waals surface area contributed by atoms with Crippen LogP contribution in [0.2, 0.25) is 5.02 Å². The Labute approximate surface area is 120 Å². The Morgan fingerprint density at radius 2 is 2.00 bits per heavy atom. The van der Waals surface area contributed by atoms with Crippen molar-refractivity contribution in [2.75, 3.05) is 0 Å².